The Labute approximate surface area is 144 Å². The molecule has 2 fully saturated rings. The lowest BCUT2D eigenvalue weighted by atomic mass is 9.96. The van der Waals surface area contributed by atoms with Gasteiger partial charge in [0.1, 0.15) is 4.88 Å². The van der Waals surface area contributed by atoms with Crippen molar-refractivity contribution < 1.29 is 23.8 Å². The molecule has 3 rings (SSSR count). The Bertz CT molecular complexity index is 577. The molecule has 1 N–H and O–H groups in total. The highest BCUT2D eigenvalue weighted by atomic mass is 32.1. The largest absolute Gasteiger partial charge is 0.465 e. The number of nitrogens with zero attached hydrogens (tertiary/aromatic N) is 1. The second-order valence-corrected chi connectivity index (χ2v) is 6.84. The Kier molecular flexibility index (Phi) is 5.83. The van der Waals surface area contributed by atoms with Crippen LogP contribution < -0.4 is 5.32 Å². The molecule has 0 bridgehead atoms. The molecule has 0 aliphatic carbocycles. The summed E-state index contributed by atoms with van der Waals surface area (Å²) in [5, 5.41) is 4.56. The zero-order valence-corrected chi connectivity index (χ0v) is 14.5. The lowest BCUT2D eigenvalue weighted by molar-refractivity contribution is -0.119. The first-order valence-corrected chi connectivity index (χ1v) is 8.96. The normalized spacial score (nSPS) is 20.2. The van der Waals surface area contributed by atoms with Crippen molar-refractivity contribution in [2.75, 3.05) is 45.3 Å². The van der Waals surface area contributed by atoms with Gasteiger partial charge in [0.2, 0.25) is 5.91 Å². The van der Waals surface area contributed by atoms with Gasteiger partial charge in [-0.1, -0.05) is 0 Å². The fourth-order valence-corrected chi connectivity index (χ4v) is 3.85. The van der Waals surface area contributed by atoms with Gasteiger partial charge in [-0.25, -0.2) is 4.79 Å². The number of methoxy groups -OCH3 is 1. The molecule has 3 heterocycles. The van der Waals surface area contributed by atoms with E-state index in [4.69, 9.17) is 14.2 Å². The minimum absolute atomic E-state index is 0.0746. The van der Waals surface area contributed by atoms with Crippen molar-refractivity contribution in [1.82, 2.24) is 4.90 Å². The predicted molar refractivity (Wildman–Crippen MR) is 89.1 cm³/mol. The first-order chi connectivity index (χ1) is 11.7. The Balaban J connectivity index is 1.46. The fourth-order valence-electron chi connectivity index (χ4n) is 3.08. The highest BCUT2D eigenvalue weighted by molar-refractivity contribution is 7.12. The van der Waals surface area contributed by atoms with Crippen molar-refractivity contribution in [1.29, 1.82) is 0 Å². The van der Waals surface area contributed by atoms with Gasteiger partial charge in [-0.3, -0.25) is 9.69 Å². The molecular formula is C16H22N2O5S. The SMILES string of the molecule is COC(=O)c1sccc1NC(=O)CN1CCC(C2OCCO2)CC1. The molecule has 132 valence electrons. The van der Waals surface area contributed by atoms with E-state index in [-0.39, 0.29) is 12.2 Å². The predicted octanol–water partition coefficient (Wildman–Crippen LogP) is 1.56. The van der Waals surface area contributed by atoms with Crippen molar-refractivity contribution in [3.63, 3.8) is 0 Å². The van der Waals surface area contributed by atoms with E-state index in [0.717, 1.165) is 25.9 Å². The van der Waals surface area contributed by atoms with Crippen molar-refractivity contribution in [2.45, 2.75) is 19.1 Å². The zero-order valence-electron chi connectivity index (χ0n) is 13.7. The third-order valence-corrected chi connectivity index (χ3v) is 5.24. The van der Waals surface area contributed by atoms with Crippen LogP contribution in [0.4, 0.5) is 5.69 Å². The monoisotopic (exact) mass is 354 g/mol. The van der Waals surface area contributed by atoms with Gasteiger partial charge in [-0.2, -0.15) is 0 Å². The number of hydrogen-bond donors (Lipinski definition) is 1. The molecule has 1 aromatic rings. The number of anilines is 1. The summed E-state index contributed by atoms with van der Waals surface area (Å²) in [5.74, 6) is -0.141. The van der Waals surface area contributed by atoms with Crippen LogP contribution in [-0.2, 0) is 19.0 Å². The van der Waals surface area contributed by atoms with Gasteiger partial charge < -0.3 is 19.5 Å². The van der Waals surface area contributed by atoms with Crippen molar-refractivity contribution in [3.05, 3.63) is 16.3 Å². The van der Waals surface area contributed by atoms with E-state index in [9.17, 15) is 9.59 Å². The summed E-state index contributed by atoms with van der Waals surface area (Å²) in [5.41, 5.74) is 0.513. The van der Waals surface area contributed by atoms with Crippen LogP contribution in [0.5, 0.6) is 0 Å². The Morgan fingerprint density at radius 3 is 2.71 bits per heavy atom. The summed E-state index contributed by atoms with van der Waals surface area (Å²) >= 11 is 1.25. The molecular weight excluding hydrogens is 332 g/mol. The molecule has 0 aromatic carbocycles. The van der Waals surface area contributed by atoms with Crippen LogP contribution in [0.1, 0.15) is 22.5 Å². The summed E-state index contributed by atoms with van der Waals surface area (Å²) in [7, 11) is 1.33. The van der Waals surface area contributed by atoms with Crippen LogP contribution in [0.15, 0.2) is 11.4 Å². The molecule has 1 aromatic heterocycles. The molecule has 24 heavy (non-hydrogen) atoms. The molecule has 0 saturated carbocycles. The number of carbonyl (C=O) groups excluding carboxylic acids is 2. The number of hydrogen-bond acceptors (Lipinski definition) is 7. The van der Waals surface area contributed by atoms with Crippen LogP contribution in [-0.4, -0.2) is 63.0 Å². The van der Waals surface area contributed by atoms with Crippen LogP contribution in [0.3, 0.4) is 0 Å². The fraction of sp³-hybridized carbons (Fsp3) is 0.625. The molecule has 1 amide bonds. The molecule has 0 spiro atoms. The highest BCUT2D eigenvalue weighted by Crippen LogP contribution is 2.26. The average Bonchev–Trinajstić information content (AvgIpc) is 3.26. The first kappa shape index (κ1) is 17.3. The lowest BCUT2D eigenvalue weighted by Gasteiger charge is -2.33. The average molecular weight is 354 g/mol. The van der Waals surface area contributed by atoms with E-state index >= 15 is 0 Å². The van der Waals surface area contributed by atoms with Gasteiger partial charge in [0.05, 0.1) is 32.6 Å². The zero-order chi connectivity index (χ0) is 16.9. The van der Waals surface area contributed by atoms with Crippen LogP contribution >= 0.6 is 11.3 Å². The maximum Gasteiger partial charge on any atom is 0.350 e. The van der Waals surface area contributed by atoms with E-state index in [1.165, 1.54) is 18.4 Å². The third kappa shape index (κ3) is 4.13. The molecule has 0 unspecified atom stereocenters. The second-order valence-electron chi connectivity index (χ2n) is 5.93. The molecule has 8 heteroatoms. The number of likely N-dealkylation sites (tertiary alicyclic amines) is 1. The van der Waals surface area contributed by atoms with E-state index in [0.29, 0.717) is 36.2 Å². The number of carbonyl (C=O) groups is 2. The first-order valence-electron chi connectivity index (χ1n) is 8.08. The molecule has 0 radical (unpaired) electrons. The van der Waals surface area contributed by atoms with Crippen LogP contribution in [0.2, 0.25) is 0 Å². The summed E-state index contributed by atoms with van der Waals surface area (Å²) in [4.78, 5) is 26.4. The molecule has 0 atom stereocenters. The van der Waals surface area contributed by atoms with Gasteiger partial charge in [-0.15, -0.1) is 11.3 Å². The van der Waals surface area contributed by atoms with Crippen molar-refractivity contribution >= 4 is 28.9 Å². The van der Waals surface area contributed by atoms with Crippen LogP contribution in [0, 0.1) is 5.92 Å². The summed E-state index contributed by atoms with van der Waals surface area (Å²) in [6, 6.07) is 1.72. The van der Waals surface area contributed by atoms with Gasteiger partial charge in [0, 0.05) is 5.92 Å². The number of esters is 1. The number of rotatable bonds is 5. The maximum absolute atomic E-state index is 12.2. The Morgan fingerprint density at radius 1 is 1.33 bits per heavy atom. The van der Waals surface area contributed by atoms with Gasteiger partial charge in [0.15, 0.2) is 6.29 Å². The van der Waals surface area contributed by atoms with Gasteiger partial charge in [0.25, 0.3) is 0 Å². The molecule has 2 aliphatic rings. The standard InChI is InChI=1S/C16H22N2O5S/c1-21-15(20)14-12(4-9-24-14)17-13(19)10-18-5-2-11(3-6-18)16-22-7-8-23-16/h4,9,11,16H,2-3,5-8,10H2,1H3,(H,17,19). The minimum atomic E-state index is -0.433. The maximum atomic E-state index is 12.2. The summed E-state index contributed by atoms with van der Waals surface area (Å²) in [6.07, 6.45) is 1.85. The third-order valence-electron chi connectivity index (χ3n) is 4.34. The van der Waals surface area contributed by atoms with Crippen molar-refractivity contribution in [2.24, 2.45) is 5.92 Å². The summed E-state index contributed by atoms with van der Waals surface area (Å²) < 4.78 is 15.8. The van der Waals surface area contributed by atoms with Gasteiger partial charge >= 0.3 is 5.97 Å². The number of ether oxygens (including phenoxy) is 3. The van der Waals surface area contributed by atoms with Gasteiger partial charge in [-0.05, 0) is 37.4 Å². The second kappa shape index (κ2) is 8.06. The Morgan fingerprint density at radius 2 is 2.04 bits per heavy atom. The lowest BCUT2D eigenvalue weighted by Crippen LogP contribution is -2.41. The number of piperidine rings is 1. The van der Waals surface area contributed by atoms with E-state index in [1.807, 2.05) is 0 Å². The van der Waals surface area contributed by atoms with E-state index < -0.39 is 5.97 Å². The summed E-state index contributed by atoms with van der Waals surface area (Å²) in [6.45, 7) is 3.35. The Hall–Kier alpha value is -1.48. The quantitative estimate of drug-likeness (QED) is 0.809. The molecule has 2 aliphatic heterocycles. The molecule has 2 saturated heterocycles. The highest BCUT2D eigenvalue weighted by Gasteiger charge is 2.30. The topological polar surface area (TPSA) is 77.1 Å². The van der Waals surface area contributed by atoms with Crippen molar-refractivity contribution in [3.8, 4) is 0 Å². The smallest absolute Gasteiger partial charge is 0.350 e. The number of amides is 1. The molecule has 7 nitrogen and oxygen atoms in total. The van der Waals surface area contributed by atoms with E-state index in [2.05, 4.69) is 10.2 Å². The minimum Gasteiger partial charge on any atom is -0.465 e. The van der Waals surface area contributed by atoms with Crippen LogP contribution in [0.25, 0.3) is 0 Å². The number of nitrogens with one attached hydrogen (secondary N) is 1. The van der Waals surface area contributed by atoms with E-state index in [1.54, 1.807) is 11.4 Å². The number of thiophene rings is 1.